The summed E-state index contributed by atoms with van der Waals surface area (Å²) < 4.78 is 0. The van der Waals surface area contributed by atoms with Gasteiger partial charge in [0.25, 0.3) is 0 Å². The second kappa shape index (κ2) is 4.14. The zero-order valence-corrected chi connectivity index (χ0v) is 6.48. The molecule has 0 aromatic carbocycles. The largest absolute Gasteiger partial charge is 0.356 e. The fourth-order valence-electron chi connectivity index (χ4n) is 0.894. The van der Waals surface area contributed by atoms with E-state index >= 15 is 0 Å². The second-order valence-electron chi connectivity index (χ2n) is 2.44. The lowest BCUT2D eigenvalue weighted by atomic mass is 10.4. The van der Waals surface area contributed by atoms with E-state index < -0.39 is 0 Å². The number of hydrogen-bond donors (Lipinski definition) is 2. The van der Waals surface area contributed by atoms with Crippen LogP contribution in [0.1, 0.15) is 19.8 Å². The molecule has 0 spiro atoms. The van der Waals surface area contributed by atoms with E-state index in [0.717, 1.165) is 38.4 Å². The van der Waals surface area contributed by atoms with Crippen molar-refractivity contribution < 1.29 is 0 Å². The first-order valence-corrected chi connectivity index (χ1v) is 3.95. The van der Waals surface area contributed by atoms with E-state index in [1.54, 1.807) is 0 Å². The predicted molar refractivity (Wildman–Crippen MR) is 43.2 cm³/mol. The summed E-state index contributed by atoms with van der Waals surface area (Å²) in [6.07, 6.45) is 2.32. The van der Waals surface area contributed by atoms with Crippen molar-refractivity contribution in [2.75, 3.05) is 19.6 Å². The van der Waals surface area contributed by atoms with Crippen LogP contribution in [0, 0.1) is 0 Å². The van der Waals surface area contributed by atoms with Gasteiger partial charge in [-0.05, 0) is 12.8 Å². The van der Waals surface area contributed by atoms with Gasteiger partial charge in [0.15, 0.2) is 5.96 Å². The zero-order valence-electron chi connectivity index (χ0n) is 6.48. The Morgan fingerprint density at radius 3 is 3.20 bits per heavy atom. The molecule has 0 saturated heterocycles. The summed E-state index contributed by atoms with van der Waals surface area (Å²) in [5, 5.41) is 6.40. The highest BCUT2D eigenvalue weighted by atomic mass is 15.2. The standard InChI is InChI=1S/C7H15N3/c1-2-4-8-7-9-5-3-6-10-7/h2-6H2,1H3,(H2,8,9,10). The lowest BCUT2D eigenvalue weighted by Gasteiger charge is -2.14. The molecule has 0 saturated carbocycles. The fourth-order valence-corrected chi connectivity index (χ4v) is 0.894. The third kappa shape index (κ3) is 2.25. The number of guanidine groups is 1. The minimum absolute atomic E-state index is 0.971. The molecule has 1 aliphatic heterocycles. The number of nitrogens with one attached hydrogen (secondary N) is 2. The third-order valence-corrected chi connectivity index (χ3v) is 1.44. The summed E-state index contributed by atoms with van der Waals surface area (Å²) in [6.45, 7) is 5.21. The van der Waals surface area contributed by atoms with Crippen molar-refractivity contribution in [2.24, 2.45) is 4.99 Å². The molecule has 1 heterocycles. The van der Waals surface area contributed by atoms with Crippen LogP contribution in [0.5, 0.6) is 0 Å². The van der Waals surface area contributed by atoms with E-state index in [0.29, 0.717) is 0 Å². The molecule has 1 rings (SSSR count). The summed E-state index contributed by atoms with van der Waals surface area (Å²) in [5.74, 6) is 0.980. The van der Waals surface area contributed by atoms with Gasteiger partial charge in [-0.15, -0.1) is 0 Å². The van der Waals surface area contributed by atoms with Crippen molar-refractivity contribution in [3.05, 3.63) is 0 Å². The molecule has 0 aliphatic carbocycles. The van der Waals surface area contributed by atoms with Crippen molar-refractivity contribution >= 4 is 5.96 Å². The molecule has 3 heteroatoms. The monoisotopic (exact) mass is 141 g/mol. The average Bonchev–Trinajstić information content (AvgIpc) is 2.03. The van der Waals surface area contributed by atoms with Gasteiger partial charge in [-0.25, -0.2) is 0 Å². The number of aliphatic imine (C=N–C) groups is 1. The molecule has 0 radical (unpaired) electrons. The number of rotatable bonds is 2. The first kappa shape index (κ1) is 7.38. The van der Waals surface area contributed by atoms with Crippen molar-refractivity contribution in [1.29, 1.82) is 0 Å². The van der Waals surface area contributed by atoms with E-state index in [9.17, 15) is 0 Å². The highest BCUT2D eigenvalue weighted by molar-refractivity contribution is 5.80. The number of hydrogen-bond acceptors (Lipinski definition) is 3. The van der Waals surface area contributed by atoms with Gasteiger partial charge in [0, 0.05) is 19.6 Å². The Morgan fingerprint density at radius 2 is 2.60 bits per heavy atom. The predicted octanol–water partition coefficient (Wildman–Crippen LogP) is 0.335. The van der Waals surface area contributed by atoms with Crippen molar-refractivity contribution in [2.45, 2.75) is 19.8 Å². The first-order chi connectivity index (χ1) is 4.93. The van der Waals surface area contributed by atoms with Gasteiger partial charge in [-0.1, -0.05) is 6.92 Å². The highest BCUT2D eigenvalue weighted by Gasteiger charge is 2.00. The van der Waals surface area contributed by atoms with Crippen molar-refractivity contribution in [1.82, 2.24) is 10.6 Å². The normalized spacial score (nSPS) is 17.5. The van der Waals surface area contributed by atoms with Gasteiger partial charge < -0.3 is 10.6 Å². The Kier molecular flexibility index (Phi) is 3.06. The van der Waals surface area contributed by atoms with Crippen LogP contribution in [0.2, 0.25) is 0 Å². The molecule has 0 fully saturated rings. The second-order valence-corrected chi connectivity index (χ2v) is 2.44. The van der Waals surface area contributed by atoms with Crippen LogP contribution < -0.4 is 10.6 Å². The smallest absolute Gasteiger partial charge is 0.191 e. The molecule has 3 nitrogen and oxygen atoms in total. The van der Waals surface area contributed by atoms with Gasteiger partial charge >= 0.3 is 0 Å². The molecule has 58 valence electrons. The van der Waals surface area contributed by atoms with Crippen molar-refractivity contribution in [3.63, 3.8) is 0 Å². The van der Waals surface area contributed by atoms with Crippen LogP contribution in [-0.2, 0) is 0 Å². The Bertz CT molecular complexity index is 120. The lowest BCUT2D eigenvalue weighted by molar-refractivity contribution is 0.697. The molecule has 0 unspecified atom stereocenters. The molecule has 0 atom stereocenters. The van der Waals surface area contributed by atoms with Crippen molar-refractivity contribution in [3.8, 4) is 0 Å². The van der Waals surface area contributed by atoms with Gasteiger partial charge in [0.2, 0.25) is 0 Å². The first-order valence-electron chi connectivity index (χ1n) is 3.95. The van der Waals surface area contributed by atoms with Crippen LogP contribution in [0.4, 0.5) is 0 Å². The molecule has 0 aromatic rings. The summed E-state index contributed by atoms with van der Waals surface area (Å²) in [7, 11) is 0. The Hall–Kier alpha value is -0.730. The highest BCUT2D eigenvalue weighted by Crippen LogP contribution is 1.86. The summed E-state index contributed by atoms with van der Waals surface area (Å²) in [6, 6.07) is 0. The third-order valence-electron chi connectivity index (χ3n) is 1.44. The molecule has 1 aliphatic rings. The Balaban J connectivity index is 2.18. The van der Waals surface area contributed by atoms with Gasteiger partial charge in [0.1, 0.15) is 0 Å². The SMILES string of the molecule is CCCNC1=NCCCN1. The Labute approximate surface area is 61.9 Å². The van der Waals surface area contributed by atoms with Crippen LogP contribution in [0.3, 0.4) is 0 Å². The fraction of sp³-hybridized carbons (Fsp3) is 0.857. The van der Waals surface area contributed by atoms with Gasteiger partial charge in [-0.2, -0.15) is 0 Å². The number of nitrogens with zero attached hydrogens (tertiary/aromatic N) is 1. The molecular formula is C7H15N3. The van der Waals surface area contributed by atoms with E-state index in [1.807, 2.05) is 0 Å². The maximum Gasteiger partial charge on any atom is 0.191 e. The van der Waals surface area contributed by atoms with Crippen LogP contribution >= 0.6 is 0 Å². The van der Waals surface area contributed by atoms with Crippen LogP contribution in [-0.4, -0.2) is 25.6 Å². The van der Waals surface area contributed by atoms with E-state index in [4.69, 9.17) is 0 Å². The average molecular weight is 141 g/mol. The topological polar surface area (TPSA) is 36.4 Å². The molecule has 0 amide bonds. The maximum absolute atomic E-state index is 4.26. The van der Waals surface area contributed by atoms with E-state index in [2.05, 4.69) is 22.5 Å². The van der Waals surface area contributed by atoms with Gasteiger partial charge in [0.05, 0.1) is 0 Å². The molecule has 2 N–H and O–H groups in total. The van der Waals surface area contributed by atoms with Gasteiger partial charge in [-0.3, -0.25) is 4.99 Å². The zero-order chi connectivity index (χ0) is 7.23. The minimum atomic E-state index is 0.971. The minimum Gasteiger partial charge on any atom is -0.356 e. The van der Waals surface area contributed by atoms with Crippen LogP contribution in [0.15, 0.2) is 4.99 Å². The molecule has 0 bridgehead atoms. The van der Waals surface area contributed by atoms with E-state index in [1.165, 1.54) is 0 Å². The lowest BCUT2D eigenvalue weighted by Crippen LogP contribution is -2.40. The summed E-state index contributed by atoms with van der Waals surface area (Å²) in [5.41, 5.74) is 0. The summed E-state index contributed by atoms with van der Waals surface area (Å²) in [4.78, 5) is 4.26. The van der Waals surface area contributed by atoms with E-state index in [-0.39, 0.29) is 0 Å². The Morgan fingerprint density at radius 1 is 1.70 bits per heavy atom. The molecule has 0 aromatic heterocycles. The quantitative estimate of drug-likeness (QED) is 0.581. The van der Waals surface area contributed by atoms with Crippen LogP contribution in [0.25, 0.3) is 0 Å². The summed E-state index contributed by atoms with van der Waals surface area (Å²) >= 11 is 0. The maximum atomic E-state index is 4.26. The molecular weight excluding hydrogens is 126 g/mol. The molecule has 10 heavy (non-hydrogen) atoms.